The Labute approximate surface area is 179 Å². The molecule has 0 aliphatic carbocycles. The molecule has 0 amide bonds. The highest BCUT2D eigenvalue weighted by molar-refractivity contribution is 7.71. The van der Waals surface area contributed by atoms with Crippen molar-refractivity contribution in [1.29, 1.82) is 0 Å². The highest BCUT2D eigenvalue weighted by atomic mass is 32.1. The van der Waals surface area contributed by atoms with Gasteiger partial charge in [0.1, 0.15) is 11.5 Å². The lowest BCUT2D eigenvalue weighted by Gasteiger charge is -2.07. The third-order valence-corrected chi connectivity index (χ3v) is 5.00. The fraction of sp³-hybridized carbons (Fsp3) is 0.174. The first-order chi connectivity index (χ1) is 14.7. The van der Waals surface area contributed by atoms with Gasteiger partial charge in [-0.05, 0) is 47.1 Å². The zero-order valence-electron chi connectivity index (χ0n) is 16.6. The zero-order chi connectivity index (χ0) is 20.9. The first-order valence-corrected chi connectivity index (χ1v) is 10.2. The molecule has 3 aromatic carbocycles. The molecule has 0 radical (unpaired) electrons. The normalized spacial score (nSPS) is 11.4. The summed E-state index contributed by atoms with van der Waals surface area (Å²) in [7, 11) is 0. The zero-order valence-corrected chi connectivity index (χ0v) is 17.4. The van der Waals surface area contributed by atoms with E-state index in [1.54, 1.807) is 23.0 Å². The van der Waals surface area contributed by atoms with Crippen molar-refractivity contribution in [2.45, 2.75) is 19.8 Å². The Morgan fingerprint density at radius 2 is 2.00 bits per heavy atom. The van der Waals surface area contributed by atoms with Crippen LogP contribution < -0.4 is 4.74 Å². The number of nitrogens with one attached hydrogen (secondary N) is 1. The van der Waals surface area contributed by atoms with E-state index in [-0.39, 0.29) is 5.75 Å². The summed E-state index contributed by atoms with van der Waals surface area (Å²) in [6.45, 7) is 2.64. The molecule has 152 valence electrons. The fourth-order valence-corrected chi connectivity index (χ4v) is 3.44. The average molecular weight is 419 g/mol. The molecule has 0 aliphatic heterocycles. The van der Waals surface area contributed by atoms with Crippen molar-refractivity contribution >= 4 is 29.2 Å². The second-order valence-corrected chi connectivity index (χ2v) is 7.27. The van der Waals surface area contributed by atoms with Gasteiger partial charge in [-0.1, -0.05) is 49.4 Å². The number of nitrogens with zero attached hydrogens (tertiary/aromatic N) is 3. The average Bonchev–Trinajstić information content (AvgIpc) is 3.11. The van der Waals surface area contributed by atoms with Gasteiger partial charge in [-0.3, -0.25) is 5.10 Å². The van der Waals surface area contributed by atoms with Crippen LogP contribution in [0.25, 0.3) is 10.8 Å². The number of hydrogen-bond donors (Lipinski definition) is 2. The molecule has 0 bridgehead atoms. The molecule has 2 N–H and O–H groups in total. The molecule has 6 nitrogen and oxygen atoms in total. The Bertz CT molecular complexity index is 1250. The van der Waals surface area contributed by atoms with E-state index in [1.807, 2.05) is 31.2 Å². The van der Waals surface area contributed by atoms with Crippen LogP contribution in [0.2, 0.25) is 0 Å². The number of phenols is 1. The molecular formula is C23H22N4O2S. The van der Waals surface area contributed by atoms with Crippen LogP contribution in [0, 0.1) is 4.77 Å². The molecule has 4 rings (SSSR count). The van der Waals surface area contributed by atoms with Crippen LogP contribution in [0.5, 0.6) is 11.5 Å². The molecule has 30 heavy (non-hydrogen) atoms. The molecule has 7 heteroatoms. The van der Waals surface area contributed by atoms with Crippen molar-refractivity contribution in [2.75, 3.05) is 6.61 Å². The number of hydrogen-bond acceptors (Lipinski definition) is 5. The van der Waals surface area contributed by atoms with Crippen LogP contribution in [0.1, 0.15) is 30.3 Å². The minimum Gasteiger partial charge on any atom is -0.507 e. The van der Waals surface area contributed by atoms with E-state index in [1.165, 1.54) is 10.8 Å². The molecule has 4 aromatic rings. The van der Waals surface area contributed by atoms with Crippen molar-refractivity contribution < 1.29 is 9.84 Å². The molecule has 0 unspecified atom stereocenters. The van der Waals surface area contributed by atoms with Crippen LogP contribution in [0.15, 0.2) is 65.8 Å². The Kier molecular flexibility index (Phi) is 5.90. The van der Waals surface area contributed by atoms with Crippen molar-refractivity contribution in [3.63, 3.8) is 0 Å². The molecule has 0 saturated carbocycles. The van der Waals surface area contributed by atoms with Gasteiger partial charge in [-0.2, -0.15) is 14.9 Å². The first kappa shape index (κ1) is 19.8. The minimum atomic E-state index is 0.0953. The number of aromatic hydroxyl groups is 1. The predicted octanol–water partition coefficient (Wildman–Crippen LogP) is 5.06. The maximum Gasteiger partial charge on any atom is 0.216 e. The number of H-pyrrole nitrogens is 1. The van der Waals surface area contributed by atoms with Gasteiger partial charge in [-0.15, -0.1) is 0 Å². The monoisotopic (exact) mass is 418 g/mol. The number of phenolic OH excluding ortho intramolecular Hbond substituents is 1. The maximum atomic E-state index is 10.3. The van der Waals surface area contributed by atoms with Crippen LogP contribution >= 0.6 is 12.2 Å². The highest BCUT2D eigenvalue weighted by Gasteiger charge is 2.09. The quantitative estimate of drug-likeness (QED) is 0.325. The van der Waals surface area contributed by atoms with Gasteiger partial charge in [0.25, 0.3) is 0 Å². The minimum absolute atomic E-state index is 0.0953. The Morgan fingerprint density at radius 3 is 2.83 bits per heavy atom. The number of benzene rings is 3. The summed E-state index contributed by atoms with van der Waals surface area (Å²) in [6.07, 6.45) is 3.04. The third-order valence-electron chi connectivity index (χ3n) is 4.73. The van der Waals surface area contributed by atoms with E-state index >= 15 is 0 Å². The second kappa shape index (κ2) is 8.92. The van der Waals surface area contributed by atoms with Crippen molar-refractivity contribution in [3.8, 4) is 11.5 Å². The van der Waals surface area contributed by atoms with Gasteiger partial charge in [0, 0.05) is 18.1 Å². The van der Waals surface area contributed by atoms with E-state index in [0.29, 0.717) is 34.9 Å². The number of rotatable bonds is 7. The summed E-state index contributed by atoms with van der Waals surface area (Å²) in [6, 6.07) is 19.6. The Hall–Kier alpha value is -3.45. The molecular weight excluding hydrogens is 396 g/mol. The second-order valence-electron chi connectivity index (χ2n) is 6.89. The standard InChI is InChI=1S/C23H22N4O2S/c1-2-12-29-19-11-10-18(21(28)14-19)15-24-27-22(25-26-23(27)30)13-17-8-5-7-16-6-3-4-9-20(16)17/h3-11,14-15,28H,2,12-13H2,1H3,(H,26,30)/b24-15+. The lowest BCUT2D eigenvalue weighted by atomic mass is 10.0. The van der Waals surface area contributed by atoms with E-state index in [4.69, 9.17) is 17.0 Å². The molecule has 1 heterocycles. The Balaban J connectivity index is 1.61. The Morgan fingerprint density at radius 1 is 1.17 bits per heavy atom. The number of ether oxygens (including phenoxy) is 1. The van der Waals surface area contributed by atoms with Crippen LogP contribution in [-0.2, 0) is 6.42 Å². The predicted molar refractivity (Wildman–Crippen MR) is 121 cm³/mol. The van der Waals surface area contributed by atoms with Crippen LogP contribution in [0.4, 0.5) is 0 Å². The maximum absolute atomic E-state index is 10.3. The fourth-order valence-electron chi connectivity index (χ4n) is 3.24. The molecule has 1 aromatic heterocycles. The summed E-state index contributed by atoms with van der Waals surface area (Å²) in [5.41, 5.74) is 1.71. The lowest BCUT2D eigenvalue weighted by Crippen LogP contribution is -2.01. The van der Waals surface area contributed by atoms with Gasteiger partial charge >= 0.3 is 0 Å². The third kappa shape index (κ3) is 4.26. The van der Waals surface area contributed by atoms with Gasteiger partial charge in [0.05, 0.1) is 12.8 Å². The summed E-state index contributed by atoms with van der Waals surface area (Å²) >= 11 is 5.35. The first-order valence-electron chi connectivity index (χ1n) is 9.79. The lowest BCUT2D eigenvalue weighted by molar-refractivity contribution is 0.315. The molecule has 0 aliphatic rings. The van der Waals surface area contributed by atoms with Crippen LogP contribution in [-0.4, -0.2) is 32.8 Å². The number of aromatic amines is 1. The molecule has 0 saturated heterocycles. The largest absolute Gasteiger partial charge is 0.507 e. The van der Waals surface area contributed by atoms with Crippen molar-refractivity contribution in [3.05, 3.63) is 82.4 Å². The van der Waals surface area contributed by atoms with Gasteiger partial charge in [-0.25, -0.2) is 0 Å². The van der Waals surface area contributed by atoms with E-state index < -0.39 is 0 Å². The summed E-state index contributed by atoms with van der Waals surface area (Å²) in [5, 5.41) is 24.2. The topological polar surface area (TPSA) is 75.4 Å². The smallest absolute Gasteiger partial charge is 0.216 e. The van der Waals surface area contributed by atoms with Crippen molar-refractivity contribution in [1.82, 2.24) is 14.9 Å². The highest BCUT2D eigenvalue weighted by Crippen LogP contribution is 2.23. The number of aromatic nitrogens is 3. The van der Waals surface area contributed by atoms with Crippen LogP contribution in [0.3, 0.4) is 0 Å². The number of fused-ring (bicyclic) bond motifs is 1. The molecule has 0 spiro atoms. The summed E-state index contributed by atoms with van der Waals surface area (Å²) in [4.78, 5) is 0. The van der Waals surface area contributed by atoms with E-state index in [0.717, 1.165) is 12.0 Å². The van der Waals surface area contributed by atoms with Gasteiger partial charge < -0.3 is 9.84 Å². The summed E-state index contributed by atoms with van der Waals surface area (Å²) < 4.78 is 7.51. The molecule has 0 fully saturated rings. The van der Waals surface area contributed by atoms with Gasteiger partial charge in [0.15, 0.2) is 5.82 Å². The van der Waals surface area contributed by atoms with E-state index in [9.17, 15) is 5.11 Å². The van der Waals surface area contributed by atoms with E-state index in [2.05, 4.69) is 39.6 Å². The summed E-state index contributed by atoms with van der Waals surface area (Å²) in [5.74, 6) is 1.41. The SMILES string of the molecule is CCCOc1ccc(/C=N/n2c(Cc3cccc4ccccc34)n[nH]c2=S)c(O)c1. The van der Waals surface area contributed by atoms with Crippen molar-refractivity contribution in [2.24, 2.45) is 5.10 Å². The molecule has 0 atom stereocenters. The van der Waals surface area contributed by atoms with Gasteiger partial charge in [0.2, 0.25) is 4.77 Å².